The van der Waals surface area contributed by atoms with E-state index < -0.39 is 10.0 Å². The average molecular weight is 391 g/mol. The van der Waals surface area contributed by atoms with Gasteiger partial charge in [0.05, 0.1) is 6.61 Å². The van der Waals surface area contributed by atoms with Gasteiger partial charge in [-0.25, -0.2) is 8.42 Å². The van der Waals surface area contributed by atoms with Crippen LogP contribution in [0.25, 0.3) is 0 Å². The molecule has 1 aliphatic rings. The highest BCUT2D eigenvalue weighted by Crippen LogP contribution is 2.31. The van der Waals surface area contributed by atoms with Gasteiger partial charge in [-0.1, -0.05) is 11.6 Å². The van der Waals surface area contributed by atoms with E-state index in [9.17, 15) is 13.2 Å². The van der Waals surface area contributed by atoms with Crippen LogP contribution in [-0.2, 0) is 19.6 Å². The highest BCUT2D eigenvalue weighted by atomic mass is 35.5. The minimum absolute atomic E-state index is 0.0142. The van der Waals surface area contributed by atoms with Crippen molar-refractivity contribution in [3.05, 3.63) is 23.2 Å². The van der Waals surface area contributed by atoms with Gasteiger partial charge in [0.15, 0.2) is 6.61 Å². The maximum absolute atomic E-state index is 12.8. The molecular weight excluding hydrogens is 368 g/mol. The van der Waals surface area contributed by atoms with Crippen molar-refractivity contribution in [1.82, 2.24) is 9.62 Å². The molecule has 1 aliphatic heterocycles. The van der Waals surface area contributed by atoms with E-state index in [4.69, 9.17) is 21.1 Å². The predicted molar refractivity (Wildman–Crippen MR) is 94.4 cm³/mol. The first-order valence-corrected chi connectivity index (χ1v) is 9.87. The van der Waals surface area contributed by atoms with E-state index in [0.29, 0.717) is 24.7 Å². The minimum atomic E-state index is -3.70. The van der Waals surface area contributed by atoms with Crippen LogP contribution in [0.1, 0.15) is 19.8 Å². The standard InChI is InChI=1S/C16H23ClN2O5S/c1-12(10-23-2)18-16(20)11-24-14-6-5-13(17)9-15(14)25(21,22)19-7-3-4-8-19/h5-6,9,12H,3-4,7-8,10-11H2,1-2H3,(H,18,20)/t12-/m1/s1. The monoisotopic (exact) mass is 390 g/mol. The van der Waals surface area contributed by atoms with Crippen LogP contribution in [0, 0.1) is 0 Å². The summed E-state index contributed by atoms with van der Waals surface area (Å²) in [6, 6.07) is 4.19. The zero-order valence-electron chi connectivity index (χ0n) is 14.3. The fourth-order valence-corrected chi connectivity index (χ4v) is 4.53. The lowest BCUT2D eigenvalue weighted by Crippen LogP contribution is -2.38. The summed E-state index contributed by atoms with van der Waals surface area (Å²) < 4.78 is 37.4. The van der Waals surface area contributed by atoms with E-state index in [0.717, 1.165) is 12.8 Å². The van der Waals surface area contributed by atoms with Crippen LogP contribution in [0.15, 0.2) is 23.1 Å². The van der Waals surface area contributed by atoms with E-state index in [1.165, 1.54) is 22.5 Å². The number of ether oxygens (including phenoxy) is 2. The van der Waals surface area contributed by atoms with Crippen molar-refractivity contribution in [1.29, 1.82) is 0 Å². The van der Waals surface area contributed by atoms with Gasteiger partial charge in [0.2, 0.25) is 10.0 Å². The van der Waals surface area contributed by atoms with Crippen molar-refractivity contribution in [2.45, 2.75) is 30.7 Å². The third-order valence-electron chi connectivity index (χ3n) is 3.77. The van der Waals surface area contributed by atoms with Gasteiger partial charge in [-0.3, -0.25) is 4.79 Å². The second-order valence-electron chi connectivity index (χ2n) is 5.91. The van der Waals surface area contributed by atoms with E-state index >= 15 is 0 Å². The Hall–Kier alpha value is -1.35. The van der Waals surface area contributed by atoms with Crippen molar-refractivity contribution >= 4 is 27.5 Å². The number of carbonyl (C=O) groups is 1. The Bertz CT molecular complexity index is 704. The van der Waals surface area contributed by atoms with E-state index in [1.54, 1.807) is 14.0 Å². The fourth-order valence-electron chi connectivity index (χ4n) is 2.62. The number of nitrogens with one attached hydrogen (secondary N) is 1. The van der Waals surface area contributed by atoms with Crippen LogP contribution < -0.4 is 10.1 Å². The molecule has 0 radical (unpaired) electrons. The van der Waals surface area contributed by atoms with Crippen molar-refractivity contribution < 1.29 is 22.7 Å². The van der Waals surface area contributed by atoms with E-state index in [-0.39, 0.29) is 29.2 Å². The van der Waals surface area contributed by atoms with Crippen molar-refractivity contribution in [2.24, 2.45) is 0 Å². The molecule has 1 heterocycles. The second kappa shape index (κ2) is 8.84. The first-order chi connectivity index (χ1) is 11.8. The van der Waals surface area contributed by atoms with Crippen LogP contribution in [0.2, 0.25) is 5.02 Å². The Morgan fingerprint density at radius 3 is 2.68 bits per heavy atom. The first kappa shape index (κ1) is 20.0. The molecule has 140 valence electrons. The number of carbonyl (C=O) groups excluding carboxylic acids is 1. The predicted octanol–water partition coefficient (Wildman–Crippen LogP) is 1.65. The number of hydrogen-bond donors (Lipinski definition) is 1. The summed E-state index contributed by atoms with van der Waals surface area (Å²) in [7, 11) is -2.16. The molecule has 1 aromatic rings. The Morgan fingerprint density at radius 2 is 2.04 bits per heavy atom. The molecule has 0 bridgehead atoms. The summed E-state index contributed by atoms with van der Waals surface area (Å²) in [6.45, 7) is 2.83. The maximum atomic E-state index is 12.8. The van der Waals surface area contributed by atoms with Crippen LogP contribution in [0.4, 0.5) is 0 Å². The van der Waals surface area contributed by atoms with E-state index in [2.05, 4.69) is 5.32 Å². The highest BCUT2D eigenvalue weighted by Gasteiger charge is 2.30. The third-order valence-corrected chi connectivity index (χ3v) is 5.93. The fraction of sp³-hybridized carbons (Fsp3) is 0.562. The molecule has 25 heavy (non-hydrogen) atoms. The summed E-state index contributed by atoms with van der Waals surface area (Å²) in [5.41, 5.74) is 0. The zero-order chi connectivity index (χ0) is 18.4. The number of amides is 1. The second-order valence-corrected chi connectivity index (χ2v) is 8.26. The van der Waals surface area contributed by atoms with Gasteiger partial charge in [-0.15, -0.1) is 0 Å². The van der Waals surface area contributed by atoms with Crippen molar-refractivity contribution in [3.8, 4) is 5.75 Å². The van der Waals surface area contributed by atoms with Crippen LogP contribution >= 0.6 is 11.6 Å². The van der Waals surface area contributed by atoms with Crippen molar-refractivity contribution in [2.75, 3.05) is 33.4 Å². The molecule has 1 fully saturated rings. The molecule has 1 N–H and O–H groups in total. The molecule has 7 nitrogen and oxygen atoms in total. The molecule has 1 aromatic carbocycles. The number of nitrogens with zero attached hydrogens (tertiary/aromatic N) is 1. The Labute approximate surface area is 153 Å². The smallest absolute Gasteiger partial charge is 0.258 e. The topological polar surface area (TPSA) is 84.9 Å². The molecule has 0 aromatic heterocycles. The molecule has 1 atom stereocenters. The van der Waals surface area contributed by atoms with Crippen LogP contribution in [-0.4, -0.2) is 58.1 Å². The van der Waals surface area contributed by atoms with Crippen LogP contribution in [0.3, 0.4) is 0 Å². The SMILES string of the molecule is COC[C@@H](C)NC(=O)COc1ccc(Cl)cc1S(=O)(=O)N1CCCC1. The summed E-state index contributed by atoms with van der Waals surface area (Å²) in [6.07, 6.45) is 1.66. The lowest BCUT2D eigenvalue weighted by atomic mass is 10.3. The van der Waals surface area contributed by atoms with Gasteiger partial charge in [0.1, 0.15) is 10.6 Å². The first-order valence-electron chi connectivity index (χ1n) is 8.05. The molecule has 0 saturated carbocycles. The number of halogens is 1. The summed E-state index contributed by atoms with van der Waals surface area (Å²) in [5, 5.41) is 3.00. The Kier molecular flexibility index (Phi) is 7.06. The Morgan fingerprint density at radius 1 is 1.36 bits per heavy atom. The molecule has 2 rings (SSSR count). The number of methoxy groups -OCH3 is 1. The molecule has 1 amide bonds. The van der Waals surface area contributed by atoms with Gasteiger partial charge in [0.25, 0.3) is 5.91 Å². The van der Waals surface area contributed by atoms with Gasteiger partial charge >= 0.3 is 0 Å². The minimum Gasteiger partial charge on any atom is -0.482 e. The summed E-state index contributed by atoms with van der Waals surface area (Å²) in [4.78, 5) is 11.9. The number of hydrogen-bond acceptors (Lipinski definition) is 5. The van der Waals surface area contributed by atoms with Crippen molar-refractivity contribution in [3.63, 3.8) is 0 Å². The molecule has 0 aliphatic carbocycles. The summed E-state index contributed by atoms with van der Waals surface area (Å²) >= 11 is 5.96. The number of benzene rings is 1. The average Bonchev–Trinajstić information content (AvgIpc) is 3.09. The summed E-state index contributed by atoms with van der Waals surface area (Å²) in [5.74, 6) is -0.241. The quantitative estimate of drug-likeness (QED) is 0.729. The molecule has 1 saturated heterocycles. The lowest BCUT2D eigenvalue weighted by molar-refractivity contribution is -0.124. The van der Waals surface area contributed by atoms with Gasteiger partial charge in [-0.05, 0) is 38.0 Å². The highest BCUT2D eigenvalue weighted by molar-refractivity contribution is 7.89. The normalized spacial score (nSPS) is 16.6. The van der Waals surface area contributed by atoms with Crippen LogP contribution in [0.5, 0.6) is 5.75 Å². The number of rotatable bonds is 8. The largest absolute Gasteiger partial charge is 0.482 e. The molecular formula is C16H23ClN2O5S. The zero-order valence-corrected chi connectivity index (χ0v) is 15.9. The van der Waals surface area contributed by atoms with Gasteiger partial charge < -0.3 is 14.8 Å². The number of sulfonamides is 1. The Balaban J connectivity index is 2.12. The van der Waals surface area contributed by atoms with E-state index in [1.807, 2.05) is 0 Å². The third kappa shape index (κ3) is 5.31. The van der Waals surface area contributed by atoms with Gasteiger partial charge in [-0.2, -0.15) is 4.31 Å². The molecule has 9 heteroatoms. The lowest BCUT2D eigenvalue weighted by Gasteiger charge is -2.19. The molecule has 0 unspecified atom stereocenters. The molecule has 0 spiro atoms. The van der Waals surface area contributed by atoms with Gasteiger partial charge in [0, 0.05) is 31.3 Å². The maximum Gasteiger partial charge on any atom is 0.258 e.